The van der Waals surface area contributed by atoms with Crippen molar-refractivity contribution in [1.29, 1.82) is 0 Å². The first-order chi connectivity index (χ1) is 15.0. The lowest BCUT2D eigenvalue weighted by Gasteiger charge is -2.37. The second kappa shape index (κ2) is 9.71. The Balaban J connectivity index is 2.01. The molecule has 2 heterocycles. The van der Waals surface area contributed by atoms with Crippen molar-refractivity contribution < 1.29 is 14.3 Å². The van der Waals surface area contributed by atoms with Crippen LogP contribution in [-0.2, 0) is 14.3 Å². The van der Waals surface area contributed by atoms with E-state index in [4.69, 9.17) is 16.3 Å². The number of aliphatic imine (C=N–C) groups is 1. The molecule has 3 rings (SSSR count). The van der Waals surface area contributed by atoms with Gasteiger partial charge in [-0.15, -0.1) is 0 Å². The van der Waals surface area contributed by atoms with Crippen LogP contribution in [0, 0.1) is 0 Å². The molecule has 8 heteroatoms. The first-order valence-electron chi connectivity index (χ1n) is 10.7. The van der Waals surface area contributed by atoms with Crippen LogP contribution in [0.1, 0.15) is 66.0 Å². The number of carbonyl (C=O) groups excluding carboxylic acids is 2. The number of nitrogens with zero attached hydrogens (tertiary/aromatic N) is 2. The summed E-state index contributed by atoms with van der Waals surface area (Å²) in [5.41, 5.74) is 2.09. The van der Waals surface area contributed by atoms with E-state index in [0.717, 1.165) is 22.8 Å². The molecule has 0 saturated carbocycles. The molecule has 1 aromatic rings. The van der Waals surface area contributed by atoms with Gasteiger partial charge in [0.05, 0.1) is 23.7 Å². The molecule has 2 aliphatic rings. The van der Waals surface area contributed by atoms with Crippen molar-refractivity contribution in [3.8, 4) is 0 Å². The molecule has 1 aromatic carbocycles. The van der Waals surface area contributed by atoms with Gasteiger partial charge in [0.1, 0.15) is 5.60 Å². The van der Waals surface area contributed by atoms with Gasteiger partial charge in [0.15, 0.2) is 5.17 Å². The van der Waals surface area contributed by atoms with Crippen molar-refractivity contribution in [2.24, 2.45) is 4.99 Å². The number of carbonyl (C=O) groups is 2. The van der Waals surface area contributed by atoms with Gasteiger partial charge in [-0.1, -0.05) is 42.4 Å². The number of thioether (sulfide) groups is 1. The Morgan fingerprint density at radius 1 is 1.28 bits per heavy atom. The highest BCUT2D eigenvalue weighted by atomic mass is 35.5. The minimum Gasteiger partial charge on any atom is -0.456 e. The number of hydrogen-bond donors (Lipinski definition) is 1. The van der Waals surface area contributed by atoms with Gasteiger partial charge in [-0.25, -0.2) is 9.79 Å². The van der Waals surface area contributed by atoms with E-state index in [1.165, 1.54) is 11.8 Å². The van der Waals surface area contributed by atoms with Crippen LogP contribution in [0.4, 0.5) is 0 Å². The number of amides is 1. The minimum atomic E-state index is -0.645. The van der Waals surface area contributed by atoms with Crippen LogP contribution in [0.15, 0.2) is 51.6 Å². The zero-order valence-corrected chi connectivity index (χ0v) is 20.9. The van der Waals surface area contributed by atoms with Crippen LogP contribution in [0.3, 0.4) is 0 Å². The largest absolute Gasteiger partial charge is 0.456 e. The minimum absolute atomic E-state index is 0.0626. The fourth-order valence-corrected chi connectivity index (χ4v) is 4.61. The highest BCUT2D eigenvalue weighted by Crippen LogP contribution is 2.45. The Morgan fingerprint density at radius 3 is 2.53 bits per heavy atom. The molecule has 1 amide bonds. The third-order valence-electron chi connectivity index (χ3n) is 5.17. The summed E-state index contributed by atoms with van der Waals surface area (Å²) in [6.45, 7) is 11.3. The van der Waals surface area contributed by atoms with Gasteiger partial charge in [0, 0.05) is 16.8 Å². The van der Waals surface area contributed by atoms with E-state index >= 15 is 0 Å². The maximum absolute atomic E-state index is 13.3. The van der Waals surface area contributed by atoms with E-state index in [-0.39, 0.29) is 18.4 Å². The molecule has 32 heavy (non-hydrogen) atoms. The Morgan fingerprint density at radius 2 is 1.94 bits per heavy atom. The topological polar surface area (TPSA) is 71.0 Å². The van der Waals surface area contributed by atoms with Crippen molar-refractivity contribution in [2.75, 3.05) is 0 Å². The third-order valence-corrected chi connectivity index (χ3v) is 6.31. The van der Waals surface area contributed by atoms with Crippen LogP contribution >= 0.6 is 23.4 Å². The van der Waals surface area contributed by atoms with E-state index in [2.05, 4.69) is 10.3 Å². The highest BCUT2D eigenvalue weighted by Gasteiger charge is 2.41. The highest BCUT2D eigenvalue weighted by molar-refractivity contribution is 8.16. The summed E-state index contributed by atoms with van der Waals surface area (Å²) in [6, 6.07) is 7.02. The fraction of sp³-hybridized carbons (Fsp3) is 0.458. The fourth-order valence-electron chi connectivity index (χ4n) is 3.52. The molecule has 2 unspecified atom stereocenters. The summed E-state index contributed by atoms with van der Waals surface area (Å²) < 4.78 is 5.73. The molecule has 172 valence electrons. The molecule has 1 N–H and O–H groups in total. The van der Waals surface area contributed by atoms with Crippen molar-refractivity contribution in [1.82, 2.24) is 10.2 Å². The number of halogens is 1. The summed E-state index contributed by atoms with van der Waals surface area (Å²) in [5, 5.41) is 6.29. The number of nitrogens with one attached hydrogen (secondary N) is 1. The summed E-state index contributed by atoms with van der Waals surface area (Å²) in [4.78, 5) is 32.6. The molecule has 0 fully saturated rings. The molecule has 6 nitrogen and oxygen atoms in total. The van der Waals surface area contributed by atoms with Crippen LogP contribution < -0.4 is 5.32 Å². The molecule has 2 aliphatic heterocycles. The Labute approximate surface area is 199 Å². The van der Waals surface area contributed by atoms with E-state index in [1.54, 1.807) is 12.1 Å². The van der Waals surface area contributed by atoms with Gasteiger partial charge < -0.3 is 15.0 Å². The number of ether oxygens (including phenoxy) is 1. The third kappa shape index (κ3) is 5.56. The second-order valence-electron chi connectivity index (χ2n) is 9.00. The van der Waals surface area contributed by atoms with Gasteiger partial charge in [-0.05, 0) is 64.1 Å². The van der Waals surface area contributed by atoms with E-state index in [1.807, 2.05) is 64.0 Å². The maximum atomic E-state index is 13.3. The zero-order valence-electron chi connectivity index (χ0n) is 19.4. The molecule has 0 radical (unpaired) electrons. The van der Waals surface area contributed by atoms with Crippen LogP contribution in [0.25, 0.3) is 0 Å². The predicted octanol–water partition coefficient (Wildman–Crippen LogP) is 5.56. The van der Waals surface area contributed by atoms with Crippen LogP contribution in [0.5, 0.6) is 0 Å². The predicted molar refractivity (Wildman–Crippen MR) is 130 cm³/mol. The SMILES string of the molecule is CCC(C)NC(=O)CC1=CSC2=NC(C)=C(C(=O)OC(C)(C)C)C(c3ccc(Cl)cc3)N12. The van der Waals surface area contributed by atoms with E-state index in [9.17, 15) is 9.59 Å². The number of allylic oxidation sites excluding steroid dienone is 1. The normalized spacial score (nSPS) is 19.2. The lowest BCUT2D eigenvalue weighted by atomic mass is 9.93. The van der Waals surface area contributed by atoms with E-state index in [0.29, 0.717) is 16.3 Å². The van der Waals surface area contributed by atoms with Crippen molar-refractivity contribution in [3.63, 3.8) is 0 Å². The molecular formula is C24H30ClN3O3S. The number of benzene rings is 1. The average molecular weight is 476 g/mol. The molecule has 0 spiro atoms. The van der Waals surface area contributed by atoms with Gasteiger partial charge in [-0.2, -0.15) is 0 Å². The summed E-state index contributed by atoms with van der Waals surface area (Å²) in [5.74, 6) is -0.481. The van der Waals surface area contributed by atoms with Gasteiger partial charge >= 0.3 is 5.97 Å². The summed E-state index contributed by atoms with van der Waals surface area (Å²) in [6.07, 6.45) is 1.05. The number of esters is 1. The molecule has 0 aliphatic carbocycles. The number of amidine groups is 1. The quantitative estimate of drug-likeness (QED) is 0.545. The Hall–Kier alpha value is -2.25. The van der Waals surface area contributed by atoms with Gasteiger partial charge in [0.25, 0.3) is 0 Å². The first-order valence-corrected chi connectivity index (χ1v) is 12.0. The number of fused-ring (bicyclic) bond motifs is 1. The number of hydrogen-bond acceptors (Lipinski definition) is 6. The zero-order chi connectivity index (χ0) is 23.6. The lowest BCUT2D eigenvalue weighted by Crippen LogP contribution is -2.40. The monoisotopic (exact) mass is 475 g/mol. The van der Waals surface area contributed by atoms with Crippen LogP contribution in [0.2, 0.25) is 5.02 Å². The average Bonchev–Trinajstić information content (AvgIpc) is 3.07. The summed E-state index contributed by atoms with van der Waals surface area (Å²) >= 11 is 7.58. The smallest absolute Gasteiger partial charge is 0.338 e. The van der Waals surface area contributed by atoms with Crippen molar-refractivity contribution in [3.05, 3.63) is 57.2 Å². The first kappa shape index (κ1) is 24.4. The van der Waals surface area contributed by atoms with Gasteiger partial charge in [0.2, 0.25) is 5.91 Å². The molecule has 0 saturated heterocycles. The molecule has 0 aromatic heterocycles. The Kier molecular flexibility index (Phi) is 7.40. The molecular weight excluding hydrogens is 446 g/mol. The lowest BCUT2D eigenvalue weighted by molar-refractivity contribution is -0.150. The van der Waals surface area contributed by atoms with E-state index < -0.39 is 17.6 Å². The molecule has 0 bridgehead atoms. The standard InChI is InChI=1S/C24H30ClN3O3S/c1-7-14(2)26-19(29)12-18-13-32-23-27-15(3)20(22(30)31-24(4,5)6)21(28(18)23)16-8-10-17(25)11-9-16/h8-11,13-14,21H,7,12H2,1-6H3,(H,26,29). The van der Waals surface area contributed by atoms with Crippen LogP contribution in [-0.4, -0.2) is 33.6 Å². The molecule has 2 atom stereocenters. The van der Waals surface area contributed by atoms with Gasteiger partial charge in [-0.3, -0.25) is 4.79 Å². The summed E-state index contributed by atoms with van der Waals surface area (Å²) in [7, 11) is 0. The van der Waals surface area contributed by atoms with Crippen molar-refractivity contribution in [2.45, 2.75) is 72.1 Å². The van der Waals surface area contributed by atoms with Crippen molar-refractivity contribution >= 4 is 40.4 Å². The Bertz CT molecular complexity index is 993. The number of rotatable bonds is 6. The second-order valence-corrected chi connectivity index (χ2v) is 10.3. The maximum Gasteiger partial charge on any atom is 0.338 e.